The predicted molar refractivity (Wildman–Crippen MR) is 108 cm³/mol. The van der Waals surface area contributed by atoms with Crippen molar-refractivity contribution in [1.29, 1.82) is 0 Å². The molecule has 1 aliphatic heterocycles. The van der Waals surface area contributed by atoms with Gasteiger partial charge < -0.3 is 25.7 Å². The van der Waals surface area contributed by atoms with Crippen LogP contribution in [0.1, 0.15) is 43.1 Å². The normalized spacial score (nSPS) is 18.1. The predicted octanol–water partition coefficient (Wildman–Crippen LogP) is 1.28. The van der Waals surface area contributed by atoms with Crippen molar-refractivity contribution in [3.05, 3.63) is 36.0 Å². The summed E-state index contributed by atoms with van der Waals surface area (Å²) < 4.78 is 0. The Kier molecular flexibility index (Phi) is 6.64. The van der Waals surface area contributed by atoms with Crippen LogP contribution in [0.2, 0.25) is 0 Å². The lowest BCUT2D eigenvalue weighted by molar-refractivity contribution is -0.127. The zero-order valence-corrected chi connectivity index (χ0v) is 16.4. The second-order valence-electron chi connectivity index (χ2n) is 7.35. The Morgan fingerprint density at radius 3 is 2.72 bits per heavy atom. The van der Waals surface area contributed by atoms with Gasteiger partial charge in [-0.3, -0.25) is 14.4 Å². The fourth-order valence-electron chi connectivity index (χ4n) is 3.60. The number of aromatic nitrogens is 1. The van der Waals surface area contributed by atoms with Gasteiger partial charge in [-0.25, -0.2) is 0 Å². The van der Waals surface area contributed by atoms with Gasteiger partial charge in [-0.15, -0.1) is 0 Å². The molecule has 3 amide bonds. The number of hydrogen-bond donors (Lipinski definition) is 4. The molecule has 3 unspecified atom stereocenters. The van der Waals surface area contributed by atoms with Gasteiger partial charge in [0, 0.05) is 23.4 Å². The lowest BCUT2D eigenvalue weighted by atomic mass is 9.98. The first-order valence-corrected chi connectivity index (χ1v) is 9.93. The van der Waals surface area contributed by atoms with Crippen LogP contribution in [-0.2, 0) is 14.4 Å². The van der Waals surface area contributed by atoms with Gasteiger partial charge >= 0.3 is 0 Å². The highest BCUT2D eigenvalue weighted by atomic mass is 16.2. The maximum atomic E-state index is 12.7. The summed E-state index contributed by atoms with van der Waals surface area (Å²) in [5.41, 5.74) is 1.21. The summed E-state index contributed by atoms with van der Waals surface area (Å²) in [7, 11) is 0. The molecular weight excluding hydrogens is 372 g/mol. The summed E-state index contributed by atoms with van der Waals surface area (Å²) in [5, 5.41) is 9.05. The SMILES string of the molecule is CCCC(NC(=O)c1cc2ccccc2[nH]1)C(=O)NC(C=O)CC1CCNC1=O. The zero-order valence-electron chi connectivity index (χ0n) is 16.4. The third-order valence-corrected chi connectivity index (χ3v) is 5.17. The Balaban J connectivity index is 1.64. The standard InChI is InChI=1S/C21H26N4O4/c1-2-5-17(20(28)23-15(12-26)10-14-8-9-22-19(14)27)25-21(29)18-11-13-6-3-4-7-16(13)24-18/h3-4,6-7,11-12,14-15,17,24H,2,5,8-10H2,1H3,(H,22,27)(H,23,28)(H,25,29). The fraction of sp³-hybridized carbons (Fsp3) is 0.429. The summed E-state index contributed by atoms with van der Waals surface area (Å²) in [5.74, 6) is -1.18. The van der Waals surface area contributed by atoms with E-state index in [2.05, 4.69) is 20.9 Å². The van der Waals surface area contributed by atoms with Crippen LogP contribution in [0, 0.1) is 5.92 Å². The first-order chi connectivity index (χ1) is 14.0. The van der Waals surface area contributed by atoms with Crippen molar-refractivity contribution in [2.24, 2.45) is 5.92 Å². The molecule has 1 aromatic carbocycles. The number of fused-ring (bicyclic) bond motifs is 1. The highest BCUT2D eigenvalue weighted by molar-refractivity contribution is 6.00. The van der Waals surface area contributed by atoms with E-state index in [9.17, 15) is 19.2 Å². The van der Waals surface area contributed by atoms with E-state index < -0.39 is 18.0 Å². The van der Waals surface area contributed by atoms with E-state index in [-0.39, 0.29) is 24.2 Å². The van der Waals surface area contributed by atoms with Gasteiger partial charge in [0.05, 0.1) is 6.04 Å². The van der Waals surface area contributed by atoms with Gasteiger partial charge in [-0.1, -0.05) is 31.5 Å². The number of H-pyrrole nitrogens is 1. The average Bonchev–Trinajstić information content (AvgIpc) is 3.33. The van der Waals surface area contributed by atoms with Gasteiger partial charge in [0.25, 0.3) is 5.91 Å². The largest absolute Gasteiger partial charge is 0.356 e. The Labute approximate surface area is 168 Å². The summed E-state index contributed by atoms with van der Waals surface area (Å²) >= 11 is 0. The van der Waals surface area contributed by atoms with Crippen molar-refractivity contribution in [2.75, 3.05) is 6.54 Å². The Hall–Kier alpha value is -3.16. The number of aromatic amines is 1. The van der Waals surface area contributed by atoms with Crippen LogP contribution in [0.15, 0.2) is 30.3 Å². The van der Waals surface area contributed by atoms with E-state index in [4.69, 9.17) is 0 Å². The molecule has 2 heterocycles. The highest BCUT2D eigenvalue weighted by Crippen LogP contribution is 2.16. The quantitative estimate of drug-likeness (QED) is 0.476. The Morgan fingerprint density at radius 1 is 1.28 bits per heavy atom. The molecule has 154 valence electrons. The number of benzene rings is 1. The van der Waals surface area contributed by atoms with Gasteiger partial charge in [-0.05, 0) is 31.4 Å². The molecule has 0 radical (unpaired) electrons. The van der Waals surface area contributed by atoms with Crippen LogP contribution in [0.25, 0.3) is 10.9 Å². The summed E-state index contributed by atoms with van der Waals surface area (Å²) in [6.07, 6.45) is 2.67. The molecule has 1 aromatic heterocycles. The molecule has 0 spiro atoms. The number of carbonyl (C=O) groups excluding carboxylic acids is 4. The molecule has 1 saturated heterocycles. The molecule has 0 bridgehead atoms. The minimum atomic E-state index is -0.765. The highest BCUT2D eigenvalue weighted by Gasteiger charge is 2.29. The monoisotopic (exact) mass is 398 g/mol. The van der Waals surface area contributed by atoms with Crippen LogP contribution < -0.4 is 16.0 Å². The molecule has 3 rings (SSSR count). The smallest absolute Gasteiger partial charge is 0.268 e. The maximum Gasteiger partial charge on any atom is 0.268 e. The van der Waals surface area contributed by atoms with Crippen molar-refractivity contribution in [3.63, 3.8) is 0 Å². The molecular formula is C21H26N4O4. The third-order valence-electron chi connectivity index (χ3n) is 5.17. The molecule has 0 aliphatic carbocycles. The second-order valence-corrected chi connectivity index (χ2v) is 7.35. The Bertz CT molecular complexity index is 874. The second kappa shape index (κ2) is 9.36. The molecule has 4 N–H and O–H groups in total. The molecule has 1 aliphatic rings. The molecule has 3 atom stereocenters. The number of nitrogens with one attached hydrogen (secondary N) is 4. The number of para-hydroxylation sites is 1. The van der Waals surface area contributed by atoms with E-state index in [1.165, 1.54) is 0 Å². The molecule has 2 aromatic rings. The van der Waals surface area contributed by atoms with Gasteiger partial charge in [-0.2, -0.15) is 0 Å². The van der Waals surface area contributed by atoms with Crippen LogP contribution >= 0.6 is 0 Å². The van der Waals surface area contributed by atoms with E-state index >= 15 is 0 Å². The van der Waals surface area contributed by atoms with E-state index in [0.717, 1.165) is 10.9 Å². The van der Waals surface area contributed by atoms with E-state index in [1.807, 2.05) is 31.2 Å². The van der Waals surface area contributed by atoms with E-state index in [0.29, 0.717) is 37.8 Å². The van der Waals surface area contributed by atoms with Gasteiger partial charge in [0.15, 0.2) is 0 Å². The zero-order chi connectivity index (χ0) is 20.8. The minimum absolute atomic E-state index is 0.0941. The molecule has 8 nitrogen and oxygen atoms in total. The summed E-state index contributed by atoms with van der Waals surface area (Å²) in [4.78, 5) is 51.5. The lowest BCUT2D eigenvalue weighted by Crippen LogP contribution is -2.50. The van der Waals surface area contributed by atoms with Crippen LogP contribution in [-0.4, -0.2) is 47.6 Å². The summed E-state index contributed by atoms with van der Waals surface area (Å²) in [6.45, 7) is 2.50. The molecule has 0 saturated carbocycles. The van der Waals surface area contributed by atoms with Gasteiger partial charge in [0.1, 0.15) is 18.0 Å². The topological polar surface area (TPSA) is 120 Å². The first-order valence-electron chi connectivity index (χ1n) is 9.93. The van der Waals surface area contributed by atoms with Crippen LogP contribution in [0.4, 0.5) is 0 Å². The van der Waals surface area contributed by atoms with Crippen molar-refractivity contribution in [2.45, 2.75) is 44.7 Å². The number of rotatable bonds is 9. The van der Waals surface area contributed by atoms with Crippen LogP contribution in [0.3, 0.4) is 0 Å². The van der Waals surface area contributed by atoms with Crippen molar-refractivity contribution < 1.29 is 19.2 Å². The van der Waals surface area contributed by atoms with Crippen molar-refractivity contribution in [1.82, 2.24) is 20.9 Å². The fourth-order valence-corrected chi connectivity index (χ4v) is 3.60. The summed E-state index contributed by atoms with van der Waals surface area (Å²) in [6, 6.07) is 7.73. The third kappa shape index (κ3) is 5.01. The maximum absolute atomic E-state index is 12.7. The van der Waals surface area contributed by atoms with Crippen LogP contribution in [0.5, 0.6) is 0 Å². The first kappa shape index (κ1) is 20.6. The number of aldehydes is 1. The Morgan fingerprint density at radius 2 is 2.07 bits per heavy atom. The molecule has 1 fully saturated rings. The number of amides is 3. The lowest BCUT2D eigenvalue weighted by Gasteiger charge is -2.21. The molecule has 29 heavy (non-hydrogen) atoms. The average molecular weight is 398 g/mol. The number of hydrogen-bond acceptors (Lipinski definition) is 4. The molecule has 8 heteroatoms. The number of carbonyl (C=O) groups is 4. The van der Waals surface area contributed by atoms with Crippen molar-refractivity contribution >= 4 is 34.9 Å². The van der Waals surface area contributed by atoms with Crippen molar-refractivity contribution in [3.8, 4) is 0 Å². The van der Waals surface area contributed by atoms with Gasteiger partial charge in [0.2, 0.25) is 11.8 Å². The minimum Gasteiger partial charge on any atom is -0.356 e. The van der Waals surface area contributed by atoms with E-state index in [1.54, 1.807) is 6.07 Å².